The zero-order valence-corrected chi connectivity index (χ0v) is 31.6. The number of anilines is 5. The van der Waals surface area contributed by atoms with E-state index in [1.54, 1.807) is 0 Å². The average Bonchev–Trinajstić information content (AvgIpc) is 3.69. The molecule has 0 fully saturated rings. The van der Waals surface area contributed by atoms with Crippen molar-refractivity contribution in [2.45, 2.75) is 5.41 Å². The molecular weight excluding hydrogens is 705 g/mol. The van der Waals surface area contributed by atoms with Crippen molar-refractivity contribution in [3.8, 4) is 33.4 Å². The highest BCUT2D eigenvalue weighted by molar-refractivity contribution is 6.10. The third kappa shape index (κ3) is 4.74. The molecule has 0 amide bonds. The van der Waals surface area contributed by atoms with Crippen LogP contribution in [0.3, 0.4) is 0 Å². The number of hydrogen-bond donors (Lipinski definition) is 1. The minimum absolute atomic E-state index is 0.674. The number of para-hydroxylation sites is 4. The molecule has 9 aromatic carbocycles. The van der Waals surface area contributed by atoms with Gasteiger partial charge in [0.05, 0.1) is 16.8 Å². The molecule has 2 aliphatic rings. The fraction of sp³-hybridized carbons (Fsp3) is 0.0182. The van der Waals surface area contributed by atoms with E-state index < -0.39 is 5.41 Å². The van der Waals surface area contributed by atoms with Crippen LogP contribution in [0.1, 0.15) is 22.3 Å². The highest BCUT2D eigenvalue weighted by atomic mass is 16.3. The van der Waals surface area contributed by atoms with Gasteiger partial charge in [-0.1, -0.05) is 158 Å². The van der Waals surface area contributed by atoms with Crippen molar-refractivity contribution in [2.24, 2.45) is 0 Å². The van der Waals surface area contributed by atoms with Crippen molar-refractivity contribution in [1.82, 2.24) is 0 Å². The van der Waals surface area contributed by atoms with E-state index in [0.29, 0.717) is 0 Å². The number of benzene rings is 9. The van der Waals surface area contributed by atoms with Crippen molar-refractivity contribution < 1.29 is 4.42 Å². The lowest BCUT2D eigenvalue weighted by molar-refractivity contribution is 0.670. The molecule has 3 nitrogen and oxygen atoms in total. The Labute approximate surface area is 337 Å². The monoisotopic (exact) mass is 740 g/mol. The van der Waals surface area contributed by atoms with Gasteiger partial charge < -0.3 is 14.6 Å². The van der Waals surface area contributed by atoms with E-state index in [0.717, 1.165) is 61.5 Å². The molecule has 0 saturated carbocycles. The van der Waals surface area contributed by atoms with Crippen LogP contribution in [-0.4, -0.2) is 0 Å². The lowest BCUT2D eigenvalue weighted by atomic mass is 9.60. The molecule has 1 aromatic heterocycles. The summed E-state index contributed by atoms with van der Waals surface area (Å²) >= 11 is 0. The fourth-order valence-electron chi connectivity index (χ4n) is 9.71. The Morgan fingerprint density at radius 1 is 0.379 bits per heavy atom. The first-order valence-electron chi connectivity index (χ1n) is 19.9. The number of nitrogens with zero attached hydrogens (tertiary/aromatic N) is 1. The maximum atomic E-state index is 6.67. The van der Waals surface area contributed by atoms with Crippen LogP contribution in [-0.2, 0) is 5.41 Å². The molecular formula is C55H36N2O. The normalized spacial score (nSPS) is 15.1. The highest BCUT2D eigenvalue weighted by Gasteiger charge is 2.50. The number of furan rings is 1. The molecule has 1 N–H and O–H groups in total. The topological polar surface area (TPSA) is 28.4 Å². The molecule has 0 radical (unpaired) electrons. The van der Waals surface area contributed by atoms with Gasteiger partial charge in [0.25, 0.3) is 0 Å². The van der Waals surface area contributed by atoms with Crippen LogP contribution in [0.4, 0.5) is 28.4 Å². The molecule has 0 bridgehead atoms. The second kappa shape index (κ2) is 12.7. The highest BCUT2D eigenvalue weighted by Crippen LogP contribution is 2.62. The van der Waals surface area contributed by atoms with E-state index in [2.05, 4.69) is 216 Å². The van der Waals surface area contributed by atoms with Crippen molar-refractivity contribution in [1.29, 1.82) is 0 Å². The van der Waals surface area contributed by atoms with Crippen LogP contribution in [0.5, 0.6) is 0 Å². The Balaban J connectivity index is 1.18. The van der Waals surface area contributed by atoms with Crippen molar-refractivity contribution in [3.05, 3.63) is 235 Å². The molecule has 1 spiro atoms. The molecule has 10 aromatic rings. The SMILES string of the molecule is c1ccc(-c2ccc(N3c4ccccc4C4(c5ccccc5Nc5ccc(-c6ccccc6)cc54)c4cc(-c5cccc6c5oc5ccccc56)ccc43)cc2)cc1. The van der Waals surface area contributed by atoms with Crippen molar-refractivity contribution in [3.63, 3.8) is 0 Å². The third-order valence-corrected chi connectivity index (χ3v) is 12.3. The third-order valence-electron chi connectivity index (χ3n) is 12.3. The number of fused-ring (bicyclic) bond motifs is 11. The summed E-state index contributed by atoms with van der Waals surface area (Å²) in [5, 5.41) is 6.12. The maximum Gasteiger partial charge on any atom is 0.143 e. The van der Waals surface area contributed by atoms with Crippen LogP contribution in [0, 0.1) is 0 Å². The van der Waals surface area contributed by atoms with E-state index in [4.69, 9.17) is 4.42 Å². The van der Waals surface area contributed by atoms with Gasteiger partial charge >= 0.3 is 0 Å². The summed E-state index contributed by atoms with van der Waals surface area (Å²) in [5.74, 6) is 0. The van der Waals surface area contributed by atoms with Crippen LogP contribution in [0.25, 0.3) is 55.3 Å². The number of hydrogen-bond acceptors (Lipinski definition) is 3. The minimum Gasteiger partial charge on any atom is -0.455 e. The number of nitrogens with one attached hydrogen (secondary N) is 1. The van der Waals surface area contributed by atoms with Gasteiger partial charge in [-0.3, -0.25) is 0 Å². The Morgan fingerprint density at radius 2 is 0.966 bits per heavy atom. The quantitative estimate of drug-likeness (QED) is 0.195. The summed E-state index contributed by atoms with van der Waals surface area (Å²) in [6.45, 7) is 0. The summed E-state index contributed by atoms with van der Waals surface area (Å²) in [5.41, 5.74) is 18.6. The molecule has 58 heavy (non-hydrogen) atoms. The molecule has 12 rings (SSSR count). The van der Waals surface area contributed by atoms with E-state index in [1.807, 2.05) is 6.07 Å². The lowest BCUT2D eigenvalue weighted by Crippen LogP contribution is -2.40. The largest absolute Gasteiger partial charge is 0.455 e. The molecule has 0 aliphatic carbocycles. The summed E-state index contributed by atoms with van der Waals surface area (Å²) < 4.78 is 6.67. The van der Waals surface area contributed by atoms with E-state index in [-0.39, 0.29) is 0 Å². The Bertz CT molecular complexity index is 3200. The van der Waals surface area contributed by atoms with Gasteiger partial charge in [0.15, 0.2) is 0 Å². The summed E-state index contributed by atoms with van der Waals surface area (Å²) in [6.07, 6.45) is 0. The zero-order valence-electron chi connectivity index (χ0n) is 31.6. The van der Waals surface area contributed by atoms with Gasteiger partial charge in [0.1, 0.15) is 11.2 Å². The van der Waals surface area contributed by atoms with Crippen molar-refractivity contribution in [2.75, 3.05) is 10.2 Å². The Hall–Kier alpha value is -7.62. The van der Waals surface area contributed by atoms with Crippen LogP contribution < -0.4 is 10.2 Å². The first-order valence-corrected chi connectivity index (χ1v) is 19.9. The van der Waals surface area contributed by atoms with Gasteiger partial charge in [0, 0.05) is 33.4 Å². The molecule has 3 heterocycles. The van der Waals surface area contributed by atoms with E-state index in [9.17, 15) is 0 Å². The molecule has 3 heteroatoms. The molecule has 2 aliphatic heterocycles. The van der Waals surface area contributed by atoms with E-state index in [1.165, 1.54) is 44.5 Å². The fourth-order valence-corrected chi connectivity index (χ4v) is 9.71. The minimum atomic E-state index is -0.674. The standard InChI is InChI=1S/C55H36N2O/c1-3-14-36(15-4-1)38-26-30-41(31-27-38)57-51-24-11-9-22-46(51)55(45-21-8-10-23-49(45)56-50-32-28-39(34-47(50)55)37-16-5-2-6-17-37)48-35-40(29-33-52(48)57)42-19-13-20-44-43-18-7-12-25-53(43)58-54(42)44/h1-35,56H. The molecule has 0 saturated heterocycles. The van der Waals surface area contributed by atoms with Crippen molar-refractivity contribution >= 4 is 50.4 Å². The predicted molar refractivity (Wildman–Crippen MR) is 240 cm³/mol. The Morgan fingerprint density at radius 3 is 1.79 bits per heavy atom. The smallest absolute Gasteiger partial charge is 0.143 e. The van der Waals surface area contributed by atoms with Gasteiger partial charge in [-0.2, -0.15) is 0 Å². The zero-order chi connectivity index (χ0) is 38.2. The predicted octanol–water partition coefficient (Wildman–Crippen LogP) is 14.8. The van der Waals surface area contributed by atoms with E-state index >= 15 is 0 Å². The maximum absolute atomic E-state index is 6.67. The first kappa shape index (κ1) is 32.6. The average molecular weight is 741 g/mol. The van der Waals surface area contributed by atoms with Gasteiger partial charge in [-0.25, -0.2) is 0 Å². The van der Waals surface area contributed by atoms with Crippen LogP contribution in [0.15, 0.2) is 217 Å². The summed E-state index contributed by atoms with van der Waals surface area (Å²) in [6, 6.07) is 77.1. The molecule has 1 atom stereocenters. The van der Waals surface area contributed by atoms with Crippen LogP contribution in [0.2, 0.25) is 0 Å². The second-order valence-corrected chi connectivity index (χ2v) is 15.3. The molecule has 1 unspecified atom stereocenters. The summed E-state index contributed by atoms with van der Waals surface area (Å²) in [4.78, 5) is 2.46. The second-order valence-electron chi connectivity index (χ2n) is 15.3. The lowest BCUT2D eigenvalue weighted by Gasteiger charge is -2.49. The van der Waals surface area contributed by atoms with Gasteiger partial charge in [-0.05, 0) is 105 Å². The molecule has 272 valence electrons. The van der Waals surface area contributed by atoms with Gasteiger partial charge in [0.2, 0.25) is 0 Å². The Kier molecular flexibility index (Phi) is 7.14. The van der Waals surface area contributed by atoms with Gasteiger partial charge in [-0.15, -0.1) is 0 Å². The number of rotatable bonds is 4. The first-order chi connectivity index (χ1) is 28.8. The van der Waals surface area contributed by atoms with Crippen LogP contribution >= 0.6 is 0 Å². The summed E-state index contributed by atoms with van der Waals surface area (Å²) in [7, 11) is 0.